The van der Waals surface area contributed by atoms with E-state index in [1.165, 1.54) is 0 Å². The molecule has 0 bridgehead atoms. The molecule has 0 aliphatic heterocycles. The molecule has 0 radical (unpaired) electrons. The van der Waals surface area contributed by atoms with Crippen LogP contribution < -0.4 is 4.90 Å². The molecule has 0 unspecified atom stereocenters. The van der Waals surface area contributed by atoms with Crippen LogP contribution >= 0.6 is 11.6 Å². The second-order valence-corrected chi connectivity index (χ2v) is 2.94. The quantitative estimate of drug-likeness (QED) is 0.671. The van der Waals surface area contributed by atoms with Crippen molar-refractivity contribution in [1.82, 2.24) is 4.98 Å². The van der Waals surface area contributed by atoms with Crippen molar-refractivity contribution in [2.24, 2.45) is 0 Å². The van der Waals surface area contributed by atoms with Crippen LogP contribution in [-0.2, 0) is 5.88 Å². The van der Waals surface area contributed by atoms with Crippen molar-refractivity contribution in [2.45, 2.75) is 12.8 Å². The van der Waals surface area contributed by atoms with Gasteiger partial charge in [0.25, 0.3) is 0 Å². The normalized spacial score (nSPS) is 9.92. The zero-order valence-electron chi connectivity index (χ0n) is 7.42. The minimum absolute atomic E-state index is 0.549. The standard InChI is InChI=1S/C9H13ClN2/c1-3-12(2)9-6-8(7-10)4-5-11-9/h4-6H,3,7H2,1-2H3. The summed E-state index contributed by atoms with van der Waals surface area (Å²) < 4.78 is 0. The number of hydrogen-bond acceptors (Lipinski definition) is 2. The highest BCUT2D eigenvalue weighted by molar-refractivity contribution is 6.17. The van der Waals surface area contributed by atoms with Crippen LogP contribution in [0.1, 0.15) is 12.5 Å². The van der Waals surface area contributed by atoms with Crippen LogP contribution in [0.25, 0.3) is 0 Å². The number of aromatic nitrogens is 1. The van der Waals surface area contributed by atoms with E-state index in [4.69, 9.17) is 11.6 Å². The highest BCUT2D eigenvalue weighted by Gasteiger charge is 1.99. The summed E-state index contributed by atoms with van der Waals surface area (Å²) in [6.45, 7) is 3.05. The number of rotatable bonds is 3. The molecular formula is C9H13ClN2. The van der Waals surface area contributed by atoms with Crippen molar-refractivity contribution >= 4 is 17.4 Å². The number of nitrogens with zero attached hydrogens (tertiary/aromatic N) is 2. The maximum atomic E-state index is 5.70. The van der Waals surface area contributed by atoms with Crippen LogP contribution in [-0.4, -0.2) is 18.6 Å². The molecule has 0 aliphatic carbocycles. The summed E-state index contributed by atoms with van der Waals surface area (Å²) in [5.41, 5.74) is 1.11. The van der Waals surface area contributed by atoms with Crippen molar-refractivity contribution in [3.05, 3.63) is 23.9 Å². The van der Waals surface area contributed by atoms with Crippen molar-refractivity contribution < 1.29 is 0 Å². The van der Waals surface area contributed by atoms with Gasteiger partial charge in [0, 0.05) is 25.7 Å². The smallest absolute Gasteiger partial charge is 0.128 e. The van der Waals surface area contributed by atoms with Gasteiger partial charge in [0.1, 0.15) is 5.82 Å². The molecule has 0 N–H and O–H groups in total. The molecule has 0 spiro atoms. The van der Waals surface area contributed by atoms with Crippen LogP contribution in [0.15, 0.2) is 18.3 Å². The number of hydrogen-bond donors (Lipinski definition) is 0. The molecular weight excluding hydrogens is 172 g/mol. The molecule has 0 atom stereocenters. The molecule has 1 heterocycles. The van der Waals surface area contributed by atoms with E-state index in [9.17, 15) is 0 Å². The number of anilines is 1. The molecule has 0 aliphatic rings. The number of pyridine rings is 1. The molecule has 1 aromatic rings. The van der Waals surface area contributed by atoms with Gasteiger partial charge in [-0.3, -0.25) is 0 Å². The summed E-state index contributed by atoms with van der Waals surface area (Å²) >= 11 is 5.70. The molecule has 2 nitrogen and oxygen atoms in total. The number of halogens is 1. The molecule has 12 heavy (non-hydrogen) atoms. The minimum Gasteiger partial charge on any atom is -0.360 e. The Labute approximate surface area is 78.2 Å². The molecule has 1 rings (SSSR count). The highest BCUT2D eigenvalue weighted by atomic mass is 35.5. The maximum Gasteiger partial charge on any atom is 0.128 e. The second-order valence-electron chi connectivity index (χ2n) is 2.67. The zero-order valence-corrected chi connectivity index (χ0v) is 8.17. The fourth-order valence-electron chi connectivity index (χ4n) is 0.914. The summed E-state index contributed by atoms with van der Waals surface area (Å²) in [5, 5.41) is 0. The molecule has 0 fully saturated rings. The van der Waals surface area contributed by atoms with Crippen molar-refractivity contribution in [2.75, 3.05) is 18.5 Å². The predicted molar refractivity (Wildman–Crippen MR) is 52.7 cm³/mol. The van der Waals surface area contributed by atoms with E-state index < -0.39 is 0 Å². The van der Waals surface area contributed by atoms with Crippen LogP contribution in [0.4, 0.5) is 5.82 Å². The largest absolute Gasteiger partial charge is 0.360 e. The lowest BCUT2D eigenvalue weighted by molar-refractivity contribution is 0.936. The lowest BCUT2D eigenvalue weighted by atomic mass is 10.3. The fourth-order valence-corrected chi connectivity index (χ4v) is 1.08. The molecule has 0 saturated carbocycles. The highest BCUT2D eigenvalue weighted by Crippen LogP contribution is 2.11. The van der Waals surface area contributed by atoms with E-state index in [2.05, 4.69) is 16.8 Å². The van der Waals surface area contributed by atoms with E-state index in [0.717, 1.165) is 17.9 Å². The predicted octanol–water partition coefficient (Wildman–Crippen LogP) is 2.28. The van der Waals surface area contributed by atoms with E-state index >= 15 is 0 Å². The molecule has 0 amide bonds. The average molecular weight is 185 g/mol. The van der Waals surface area contributed by atoms with Gasteiger partial charge in [-0.1, -0.05) is 0 Å². The third-order valence-corrected chi connectivity index (χ3v) is 2.14. The van der Waals surface area contributed by atoms with E-state index in [1.807, 2.05) is 19.2 Å². The van der Waals surface area contributed by atoms with Crippen LogP contribution in [0.5, 0.6) is 0 Å². The first kappa shape index (κ1) is 9.33. The monoisotopic (exact) mass is 184 g/mol. The SMILES string of the molecule is CCN(C)c1cc(CCl)ccn1. The van der Waals surface area contributed by atoms with Crippen LogP contribution in [0.2, 0.25) is 0 Å². The first-order chi connectivity index (χ1) is 5.77. The summed E-state index contributed by atoms with van der Waals surface area (Å²) in [7, 11) is 2.01. The van der Waals surface area contributed by atoms with E-state index in [1.54, 1.807) is 6.20 Å². The van der Waals surface area contributed by atoms with Gasteiger partial charge >= 0.3 is 0 Å². The zero-order chi connectivity index (χ0) is 8.97. The Balaban J connectivity index is 2.86. The Morgan fingerprint density at radius 2 is 2.33 bits per heavy atom. The Morgan fingerprint density at radius 1 is 1.58 bits per heavy atom. The lowest BCUT2D eigenvalue weighted by Crippen LogP contribution is -2.17. The summed E-state index contributed by atoms with van der Waals surface area (Å²) in [5.74, 6) is 1.53. The summed E-state index contributed by atoms with van der Waals surface area (Å²) in [6.07, 6.45) is 1.79. The van der Waals surface area contributed by atoms with Gasteiger partial charge in [0.2, 0.25) is 0 Å². The Hall–Kier alpha value is -0.760. The van der Waals surface area contributed by atoms with Crippen LogP contribution in [0, 0.1) is 0 Å². The summed E-state index contributed by atoms with van der Waals surface area (Å²) in [6, 6.07) is 3.94. The van der Waals surface area contributed by atoms with Crippen molar-refractivity contribution in [3.63, 3.8) is 0 Å². The lowest BCUT2D eigenvalue weighted by Gasteiger charge is -2.15. The maximum absolute atomic E-state index is 5.70. The van der Waals surface area contributed by atoms with Crippen molar-refractivity contribution in [1.29, 1.82) is 0 Å². The van der Waals surface area contributed by atoms with Gasteiger partial charge in [-0.25, -0.2) is 4.98 Å². The van der Waals surface area contributed by atoms with Gasteiger partial charge in [-0.2, -0.15) is 0 Å². The molecule has 1 aromatic heterocycles. The van der Waals surface area contributed by atoms with Gasteiger partial charge in [0.15, 0.2) is 0 Å². The third-order valence-electron chi connectivity index (χ3n) is 1.83. The van der Waals surface area contributed by atoms with Gasteiger partial charge < -0.3 is 4.90 Å². The summed E-state index contributed by atoms with van der Waals surface area (Å²) in [4.78, 5) is 6.30. The van der Waals surface area contributed by atoms with Gasteiger partial charge in [0.05, 0.1) is 0 Å². The fraction of sp³-hybridized carbons (Fsp3) is 0.444. The van der Waals surface area contributed by atoms with E-state index in [-0.39, 0.29) is 0 Å². The first-order valence-electron chi connectivity index (χ1n) is 4.00. The third kappa shape index (κ3) is 2.11. The molecule has 3 heteroatoms. The van der Waals surface area contributed by atoms with Gasteiger partial charge in [-0.15, -0.1) is 11.6 Å². The molecule has 0 aromatic carbocycles. The Morgan fingerprint density at radius 3 is 2.92 bits per heavy atom. The minimum atomic E-state index is 0.549. The topological polar surface area (TPSA) is 16.1 Å². The van der Waals surface area contributed by atoms with E-state index in [0.29, 0.717) is 5.88 Å². The average Bonchev–Trinajstić information content (AvgIpc) is 2.17. The second kappa shape index (κ2) is 4.31. The van der Waals surface area contributed by atoms with Crippen LogP contribution in [0.3, 0.4) is 0 Å². The molecule has 0 saturated heterocycles. The first-order valence-corrected chi connectivity index (χ1v) is 4.53. The Bertz CT molecular complexity index is 250. The number of alkyl halides is 1. The molecule has 66 valence electrons. The Kier molecular flexibility index (Phi) is 3.35. The van der Waals surface area contributed by atoms with Crippen molar-refractivity contribution in [3.8, 4) is 0 Å². The van der Waals surface area contributed by atoms with Gasteiger partial charge in [-0.05, 0) is 24.6 Å².